The van der Waals surface area contributed by atoms with Gasteiger partial charge in [0, 0.05) is 42.3 Å². The molecule has 3 aromatic rings. The average Bonchev–Trinajstić information content (AvgIpc) is 3.14. The number of aromatic nitrogens is 1. The minimum atomic E-state index is 0. The fraction of sp³-hybridized carbons (Fsp3) is 0.318. The number of ether oxygens (including phenoxy) is 2. The van der Waals surface area contributed by atoms with Crippen LogP contribution in [0.15, 0.2) is 47.6 Å². The molecule has 0 fully saturated rings. The van der Waals surface area contributed by atoms with E-state index in [0.29, 0.717) is 0 Å². The molecule has 0 saturated heterocycles. The second-order valence-corrected chi connectivity index (χ2v) is 7.06. The van der Waals surface area contributed by atoms with Crippen molar-refractivity contribution in [1.29, 1.82) is 0 Å². The van der Waals surface area contributed by atoms with Gasteiger partial charge in [-0.1, -0.05) is 17.7 Å². The molecular formula is C22H28ClIN4O2. The van der Waals surface area contributed by atoms with Gasteiger partial charge in [-0.15, -0.1) is 24.0 Å². The molecule has 0 spiro atoms. The summed E-state index contributed by atoms with van der Waals surface area (Å²) in [6.45, 7) is 1.54. The molecule has 0 unspecified atom stereocenters. The number of halogens is 2. The van der Waals surface area contributed by atoms with E-state index in [0.717, 1.165) is 59.3 Å². The number of nitrogens with one attached hydrogen (secondary N) is 3. The van der Waals surface area contributed by atoms with Gasteiger partial charge < -0.3 is 25.1 Å². The number of rotatable bonds is 8. The van der Waals surface area contributed by atoms with Gasteiger partial charge in [-0.25, -0.2) is 0 Å². The molecule has 2 aromatic carbocycles. The summed E-state index contributed by atoms with van der Waals surface area (Å²) in [6.07, 6.45) is 3.76. The van der Waals surface area contributed by atoms with E-state index in [1.165, 1.54) is 11.1 Å². The smallest absolute Gasteiger partial charge is 0.190 e. The van der Waals surface area contributed by atoms with Crippen LogP contribution < -0.4 is 20.1 Å². The maximum atomic E-state index is 6.12. The molecule has 0 radical (unpaired) electrons. The molecule has 3 N–H and O–H groups in total. The monoisotopic (exact) mass is 542 g/mol. The van der Waals surface area contributed by atoms with Crippen LogP contribution in [0.5, 0.6) is 11.5 Å². The van der Waals surface area contributed by atoms with Crippen molar-refractivity contribution >= 4 is 52.4 Å². The molecule has 0 aliphatic carbocycles. The van der Waals surface area contributed by atoms with Crippen LogP contribution in [0.2, 0.25) is 5.02 Å². The highest BCUT2D eigenvalue weighted by molar-refractivity contribution is 14.0. The van der Waals surface area contributed by atoms with E-state index in [1.807, 2.05) is 42.6 Å². The van der Waals surface area contributed by atoms with Crippen molar-refractivity contribution in [2.24, 2.45) is 4.99 Å². The normalized spacial score (nSPS) is 11.1. The lowest BCUT2D eigenvalue weighted by atomic mass is 10.1. The van der Waals surface area contributed by atoms with E-state index in [9.17, 15) is 0 Å². The van der Waals surface area contributed by atoms with E-state index in [1.54, 1.807) is 21.3 Å². The summed E-state index contributed by atoms with van der Waals surface area (Å²) in [5.74, 6) is 2.26. The van der Waals surface area contributed by atoms with Gasteiger partial charge in [0.05, 0.1) is 14.2 Å². The maximum absolute atomic E-state index is 6.12. The van der Waals surface area contributed by atoms with Crippen LogP contribution in [-0.4, -0.2) is 45.3 Å². The van der Waals surface area contributed by atoms with Crippen molar-refractivity contribution in [3.63, 3.8) is 0 Å². The Balaban J connectivity index is 0.00000320. The maximum Gasteiger partial charge on any atom is 0.190 e. The second-order valence-electron chi connectivity index (χ2n) is 6.62. The summed E-state index contributed by atoms with van der Waals surface area (Å²) < 4.78 is 10.6. The molecule has 0 bridgehead atoms. The van der Waals surface area contributed by atoms with E-state index >= 15 is 0 Å². The van der Waals surface area contributed by atoms with Crippen molar-refractivity contribution in [3.8, 4) is 11.5 Å². The molecule has 0 aliphatic rings. The predicted molar refractivity (Wildman–Crippen MR) is 135 cm³/mol. The molecule has 6 nitrogen and oxygen atoms in total. The van der Waals surface area contributed by atoms with Crippen LogP contribution in [0.4, 0.5) is 0 Å². The van der Waals surface area contributed by atoms with Crippen molar-refractivity contribution in [1.82, 2.24) is 15.6 Å². The molecule has 1 heterocycles. The zero-order valence-electron chi connectivity index (χ0n) is 17.4. The Bertz CT molecular complexity index is 990. The Morgan fingerprint density at radius 1 is 1.00 bits per heavy atom. The van der Waals surface area contributed by atoms with Gasteiger partial charge in [0.1, 0.15) is 0 Å². The van der Waals surface area contributed by atoms with Gasteiger partial charge in [-0.3, -0.25) is 4.99 Å². The molecule has 8 heteroatoms. The molecule has 3 rings (SSSR count). The first-order valence-corrected chi connectivity index (χ1v) is 9.93. The largest absolute Gasteiger partial charge is 0.493 e. The van der Waals surface area contributed by atoms with Crippen LogP contribution in [0, 0.1) is 0 Å². The minimum Gasteiger partial charge on any atom is -0.493 e. The van der Waals surface area contributed by atoms with Gasteiger partial charge in [-0.2, -0.15) is 0 Å². The Kier molecular flexibility index (Phi) is 9.58. The molecular weight excluding hydrogens is 515 g/mol. The molecule has 0 aliphatic heterocycles. The summed E-state index contributed by atoms with van der Waals surface area (Å²) >= 11 is 6.12. The van der Waals surface area contributed by atoms with E-state index in [4.69, 9.17) is 21.1 Å². The number of fused-ring (bicyclic) bond motifs is 1. The first-order chi connectivity index (χ1) is 14.1. The van der Waals surface area contributed by atoms with Crippen molar-refractivity contribution in [2.45, 2.75) is 12.8 Å². The standard InChI is InChI=1S/C22H27ClN4O2.HI/c1-24-22(25-10-8-15-4-7-20(28-2)21(12-15)29-3)26-11-9-16-14-27-19-6-5-17(23)13-18(16)19;/h4-7,12-14,27H,8-11H2,1-3H3,(H2,24,25,26);1H. The molecule has 0 atom stereocenters. The third kappa shape index (κ3) is 6.18. The summed E-state index contributed by atoms with van der Waals surface area (Å²) in [7, 11) is 5.06. The van der Waals surface area contributed by atoms with Gasteiger partial charge in [-0.05, 0) is 54.3 Å². The molecule has 162 valence electrons. The number of hydrogen-bond donors (Lipinski definition) is 3. The highest BCUT2D eigenvalue weighted by atomic mass is 127. The van der Waals surface area contributed by atoms with E-state index in [-0.39, 0.29) is 24.0 Å². The lowest BCUT2D eigenvalue weighted by molar-refractivity contribution is 0.354. The lowest BCUT2D eigenvalue weighted by Gasteiger charge is -2.13. The summed E-state index contributed by atoms with van der Waals surface area (Å²) in [5.41, 5.74) is 3.50. The first kappa shape index (κ1) is 24.1. The van der Waals surface area contributed by atoms with Crippen LogP contribution in [0.25, 0.3) is 10.9 Å². The third-order valence-corrected chi connectivity index (χ3v) is 5.03. The molecule has 1 aromatic heterocycles. The SMILES string of the molecule is CN=C(NCCc1ccc(OC)c(OC)c1)NCCc1c[nH]c2ccc(Cl)cc12.I. The quantitative estimate of drug-likeness (QED) is 0.224. The van der Waals surface area contributed by atoms with Crippen LogP contribution >= 0.6 is 35.6 Å². The summed E-state index contributed by atoms with van der Waals surface area (Å²) in [5, 5.41) is 8.62. The number of aromatic amines is 1. The topological polar surface area (TPSA) is 70.7 Å². The van der Waals surface area contributed by atoms with Crippen LogP contribution in [0.1, 0.15) is 11.1 Å². The average molecular weight is 543 g/mol. The second kappa shape index (κ2) is 11.9. The number of hydrogen-bond acceptors (Lipinski definition) is 3. The number of nitrogens with zero attached hydrogens (tertiary/aromatic N) is 1. The Morgan fingerprint density at radius 3 is 2.43 bits per heavy atom. The summed E-state index contributed by atoms with van der Waals surface area (Å²) in [4.78, 5) is 7.58. The highest BCUT2D eigenvalue weighted by Crippen LogP contribution is 2.27. The third-order valence-electron chi connectivity index (χ3n) is 4.79. The van der Waals surface area contributed by atoms with E-state index in [2.05, 4.69) is 20.6 Å². The van der Waals surface area contributed by atoms with Gasteiger partial charge in [0.15, 0.2) is 17.5 Å². The predicted octanol–water partition coefficient (Wildman–Crippen LogP) is 4.41. The number of aliphatic imine (C=N–C) groups is 1. The fourth-order valence-electron chi connectivity index (χ4n) is 3.26. The van der Waals surface area contributed by atoms with Crippen molar-refractivity contribution < 1.29 is 9.47 Å². The molecule has 0 saturated carbocycles. The van der Waals surface area contributed by atoms with Crippen molar-refractivity contribution in [3.05, 3.63) is 58.7 Å². The zero-order valence-corrected chi connectivity index (χ0v) is 20.5. The van der Waals surface area contributed by atoms with Crippen LogP contribution in [0.3, 0.4) is 0 Å². The van der Waals surface area contributed by atoms with Crippen LogP contribution in [-0.2, 0) is 12.8 Å². The van der Waals surface area contributed by atoms with E-state index < -0.39 is 0 Å². The highest BCUT2D eigenvalue weighted by Gasteiger charge is 2.06. The van der Waals surface area contributed by atoms with Crippen molar-refractivity contribution in [2.75, 3.05) is 34.4 Å². The number of benzene rings is 2. The Hall–Kier alpha value is -2.13. The number of H-pyrrole nitrogens is 1. The molecule has 0 amide bonds. The number of methoxy groups -OCH3 is 2. The Labute approximate surface area is 199 Å². The Morgan fingerprint density at radius 2 is 1.73 bits per heavy atom. The molecule has 30 heavy (non-hydrogen) atoms. The fourth-order valence-corrected chi connectivity index (χ4v) is 3.43. The lowest BCUT2D eigenvalue weighted by Crippen LogP contribution is -2.39. The van der Waals surface area contributed by atoms with Gasteiger partial charge in [0.25, 0.3) is 0 Å². The number of guanidine groups is 1. The van der Waals surface area contributed by atoms with Gasteiger partial charge >= 0.3 is 0 Å². The zero-order chi connectivity index (χ0) is 20.6. The minimum absolute atomic E-state index is 0. The first-order valence-electron chi connectivity index (χ1n) is 9.55. The summed E-state index contributed by atoms with van der Waals surface area (Å²) in [6, 6.07) is 11.9. The van der Waals surface area contributed by atoms with Gasteiger partial charge in [0.2, 0.25) is 0 Å².